The van der Waals surface area contributed by atoms with Crippen LogP contribution in [0.25, 0.3) is 0 Å². The molecule has 0 saturated carbocycles. The molecule has 0 aromatic heterocycles. The first-order valence-electron chi connectivity index (χ1n) is 12.2. The van der Waals surface area contributed by atoms with Gasteiger partial charge < -0.3 is 32.4 Å². The topological polar surface area (TPSA) is 212 Å². The maximum Gasteiger partial charge on any atom is 0.327 e. The van der Waals surface area contributed by atoms with E-state index >= 15 is 0 Å². The van der Waals surface area contributed by atoms with E-state index < -0.39 is 53.5 Å². The van der Waals surface area contributed by atoms with Crippen LogP contribution in [-0.2, 0) is 35.2 Å². The number of ether oxygens (including phenoxy) is 1. The fraction of sp³-hybridized carbons (Fsp3) is 0.385. The standard InChI is InChI=1S/C26H33N5O7.ClH/c27-14-8-7-13-26(29,25(35)36)22(38-31-17-11-5-2-6-12-17)19(32)20-21(37-20)24(34)30-18(23(28)33)15-16-9-3-1-4-10-16;/h1-6,9-12,18,20-22,31H,7-8,13-15,27,29H2,(H2,28,33)(H,30,34)(H,35,36);1H/t18-,20+,21-,22?,26-;/m0./s1. The number of ketones is 1. The van der Waals surface area contributed by atoms with Gasteiger partial charge in [-0.2, -0.15) is 0 Å². The monoisotopic (exact) mass is 563 g/mol. The van der Waals surface area contributed by atoms with Gasteiger partial charge in [0, 0.05) is 6.42 Å². The van der Waals surface area contributed by atoms with Crippen LogP contribution in [0.2, 0.25) is 0 Å². The molecule has 9 N–H and O–H groups in total. The van der Waals surface area contributed by atoms with Gasteiger partial charge in [-0.1, -0.05) is 48.5 Å². The lowest BCUT2D eigenvalue weighted by atomic mass is 9.84. The molecule has 0 bridgehead atoms. The largest absolute Gasteiger partial charge is 0.480 e. The van der Waals surface area contributed by atoms with Crippen molar-refractivity contribution >= 4 is 41.7 Å². The number of hydrogen-bond donors (Lipinski definition) is 6. The minimum Gasteiger partial charge on any atom is -0.480 e. The van der Waals surface area contributed by atoms with Gasteiger partial charge in [0.05, 0.1) is 5.69 Å². The summed E-state index contributed by atoms with van der Waals surface area (Å²) in [5.74, 6) is -3.78. The number of halogens is 1. The SMILES string of the molecule is Cl.NCCCC[C@@](N)(C(=O)O)C(ONc1ccccc1)C(=O)[C@H]1O[C@@H]1C(=O)N[C@@H](Cc1ccccc1)C(N)=O. The molecule has 0 spiro atoms. The maximum absolute atomic E-state index is 13.4. The van der Waals surface area contributed by atoms with Crippen LogP contribution in [0.5, 0.6) is 0 Å². The molecule has 2 aromatic carbocycles. The molecule has 1 fully saturated rings. The zero-order valence-electron chi connectivity index (χ0n) is 21.2. The first-order valence-corrected chi connectivity index (χ1v) is 12.2. The summed E-state index contributed by atoms with van der Waals surface area (Å²) in [7, 11) is 0. The number of anilines is 1. The third kappa shape index (κ3) is 8.47. The van der Waals surface area contributed by atoms with Crippen LogP contribution in [0, 0.1) is 0 Å². The number of benzene rings is 2. The summed E-state index contributed by atoms with van der Waals surface area (Å²) < 4.78 is 5.32. The van der Waals surface area contributed by atoms with E-state index in [1.807, 2.05) is 6.07 Å². The minimum absolute atomic E-state index is 0. The second-order valence-electron chi connectivity index (χ2n) is 9.09. The Hall–Kier alpha value is -3.55. The molecule has 2 amide bonds. The molecule has 1 unspecified atom stereocenters. The number of unbranched alkanes of at least 4 members (excludes halogenated alkanes) is 1. The average Bonchev–Trinajstić information content (AvgIpc) is 3.71. The molecule has 12 nitrogen and oxygen atoms in total. The number of nitrogens with two attached hydrogens (primary N) is 3. The van der Waals surface area contributed by atoms with Gasteiger partial charge in [-0.3, -0.25) is 29.5 Å². The highest BCUT2D eigenvalue weighted by atomic mass is 35.5. The van der Waals surface area contributed by atoms with Crippen molar-refractivity contribution in [1.29, 1.82) is 0 Å². The number of carboxylic acid groups (broad SMARTS) is 1. The van der Waals surface area contributed by atoms with Crippen LogP contribution in [-0.4, -0.2) is 65.1 Å². The van der Waals surface area contributed by atoms with Crippen LogP contribution in [0.15, 0.2) is 60.7 Å². The third-order valence-corrected chi connectivity index (χ3v) is 6.21. The van der Waals surface area contributed by atoms with Gasteiger partial charge in [-0.15, -0.1) is 12.4 Å². The molecule has 1 aliphatic rings. The summed E-state index contributed by atoms with van der Waals surface area (Å²) in [5, 5.41) is 12.5. The quantitative estimate of drug-likeness (QED) is 0.0931. The fourth-order valence-corrected chi connectivity index (χ4v) is 3.97. The number of aliphatic carboxylic acids is 1. The Morgan fingerprint density at radius 2 is 1.62 bits per heavy atom. The van der Waals surface area contributed by atoms with E-state index in [0.29, 0.717) is 25.1 Å². The highest BCUT2D eigenvalue weighted by Gasteiger charge is 2.58. The molecule has 5 atom stereocenters. The van der Waals surface area contributed by atoms with Crippen molar-refractivity contribution in [3.63, 3.8) is 0 Å². The van der Waals surface area contributed by atoms with Crippen LogP contribution < -0.4 is 28.0 Å². The smallest absolute Gasteiger partial charge is 0.327 e. The number of carbonyl (C=O) groups is 4. The van der Waals surface area contributed by atoms with E-state index in [1.54, 1.807) is 54.6 Å². The summed E-state index contributed by atoms with van der Waals surface area (Å²) in [6, 6.07) is 16.4. The molecule has 0 radical (unpaired) electrons. The summed E-state index contributed by atoms with van der Waals surface area (Å²) in [6.07, 6.45) is -3.45. The number of Topliss-reactive ketones (excluding diaryl/α,β-unsaturated/α-hetero) is 1. The van der Waals surface area contributed by atoms with Crippen molar-refractivity contribution in [2.24, 2.45) is 17.2 Å². The molecular formula is C26H34ClN5O7. The van der Waals surface area contributed by atoms with Gasteiger partial charge in [0.1, 0.15) is 6.04 Å². The zero-order valence-corrected chi connectivity index (χ0v) is 22.0. The van der Waals surface area contributed by atoms with Crippen LogP contribution in [0.1, 0.15) is 24.8 Å². The molecule has 39 heavy (non-hydrogen) atoms. The lowest BCUT2D eigenvalue weighted by Gasteiger charge is -2.32. The van der Waals surface area contributed by atoms with E-state index in [0.717, 1.165) is 5.56 Å². The summed E-state index contributed by atoms with van der Waals surface area (Å²) in [5.41, 5.74) is 18.9. The Morgan fingerprint density at radius 1 is 1.00 bits per heavy atom. The Balaban J connectivity index is 0.00000533. The Labute approximate surface area is 231 Å². The van der Waals surface area contributed by atoms with Gasteiger partial charge in [0.2, 0.25) is 5.91 Å². The van der Waals surface area contributed by atoms with Crippen molar-refractivity contribution in [1.82, 2.24) is 5.32 Å². The number of carbonyl (C=O) groups excluding carboxylic acids is 3. The van der Waals surface area contributed by atoms with Gasteiger partial charge in [0.15, 0.2) is 29.6 Å². The zero-order chi connectivity index (χ0) is 27.7. The highest BCUT2D eigenvalue weighted by Crippen LogP contribution is 2.30. The lowest BCUT2D eigenvalue weighted by Crippen LogP contribution is -2.62. The Kier molecular flexibility index (Phi) is 11.8. The predicted octanol–water partition coefficient (Wildman–Crippen LogP) is 0.281. The van der Waals surface area contributed by atoms with E-state index in [2.05, 4.69) is 10.8 Å². The van der Waals surface area contributed by atoms with Crippen LogP contribution >= 0.6 is 12.4 Å². The van der Waals surface area contributed by atoms with Crippen LogP contribution in [0.3, 0.4) is 0 Å². The number of carboxylic acids is 1. The van der Waals surface area contributed by atoms with E-state index in [4.69, 9.17) is 26.8 Å². The number of nitrogens with one attached hydrogen (secondary N) is 2. The average molecular weight is 564 g/mol. The molecule has 1 heterocycles. The predicted molar refractivity (Wildman–Crippen MR) is 145 cm³/mol. The summed E-state index contributed by atoms with van der Waals surface area (Å²) in [4.78, 5) is 55.9. The number of primary amides is 1. The molecule has 13 heteroatoms. The molecule has 0 aliphatic carbocycles. The second-order valence-corrected chi connectivity index (χ2v) is 9.09. The first kappa shape index (κ1) is 31.7. The number of epoxide rings is 1. The van der Waals surface area contributed by atoms with Gasteiger partial charge in [0.25, 0.3) is 5.91 Å². The van der Waals surface area contributed by atoms with Gasteiger partial charge >= 0.3 is 5.97 Å². The van der Waals surface area contributed by atoms with E-state index in [9.17, 15) is 24.3 Å². The molecule has 1 saturated heterocycles. The van der Waals surface area contributed by atoms with Crippen LogP contribution in [0.4, 0.5) is 5.69 Å². The molecule has 3 rings (SSSR count). The van der Waals surface area contributed by atoms with Crippen molar-refractivity contribution in [3.8, 4) is 0 Å². The number of amides is 2. The lowest BCUT2D eigenvalue weighted by molar-refractivity contribution is -0.155. The van der Waals surface area contributed by atoms with Crippen molar-refractivity contribution in [3.05, 3.63) is 66.2 Å². The minimum atomic E-state index is -2.13. The number of rotatable bonds is 16. The van der Waals surface area contributed by atoms with Gasteiger partial charge in [-0.05, 0) is 43.5 Å². The number of para-hydroxylation sites is 1. The summed E-state index contributed by atoms with van der Waals surface area (Å²) >= 11 is 0. The van der Waals surface area contributed by atoms with Crippen molar-refractivity contribution < 1.29 is 33.9 Å². The molecular weight excluding hydrogens is 530 g/mol. The molecule has 2 aromatic rings. The van der Waals surface area contributed by atoms with E-state index in [1.165, 1.54) is 0 Å². The third-order valence-electron chi connectivity index (χ3n) is 6.21. The fourth-order valence-electron chi connectivity index (χ4n) is 3.97. The second kappa shape index (κ2) is 14.6. The van der Waals surface area contributed by atoms with Crippen molar-refractivity contribution in [2.75, 3.05) is 12.0 Å². The first-order chi connectivity index (χ1) is 18.2. The van der Waals surface area contributed by atoms with Crippen molar-refractivity contribution in [2.45, 2.75) is 55.6 Å². The maximum atomic E-state index is 13.4. The van der Waals surface area contributed by atoms with E-state index in [-0.39, 0.29) is 25.2 Å². The highest BCUT2D eigenvalue weighted by molar-refractivity contribution is 6.02. The Bertz CT molecular complexity index is 1120. The summed E-state index contributed by atoms with van der Waals surface area (Å²) in [6.45, 7) is 0.315. The van der Waals surface area contributed by atoms with Gasteiger partial charge in [-0.25, -0.2) is 0 Å². The normalized spacial score (nSPS) is 18.9. The Morgan fingerprint density at radius 3 is 2.18 bits per heavy atom. The molecule has 1 aliphatic heterocycles. The number of hydrogen-bond acceptors (Lipinski definition) is 9. The molecule has 212 valence electrons.